The van der Waals surface area contributed by atoms with E-state index in [1.807, 2.05) is 0 Å². The average Bonchev–Trinajstić information content (AvgIpc) is 2.69. The van der Waals surface area contributed by atoms with E-state index in [-0.39, 0.29) is 0 Å². The Balaban J connectivity index is 3.25. The van der Waals surface area contributed by atoms with Gasteiger partial charge in [0.1, 0.15) is 0 Å². The number of ketones is 1. The number of carbonyl (C=O) groups is 1. The number of hydrogen-bond acceptors (Lipinski definition) is 1. The van der Waals surface area contributed by atoms with Crippen LogP contribution in [0.4, 0.5) is 87.8 Å². The fourth-order valence-electron chi connectivity index (χ4n) is 3.18. The molecule has 1 aliphatic rings. The van der Waals surface area contributed by atoms with E-state index in [1.54, 1.807) is 0 Å². The molecule has 0 fully saturated rings. The van der Waals surface area contributed by atoms with Gasteiger partial charge in [-0.25, -0.2) is 26.3 Å². The number of benzene rings is 1. The van der Waals surface area contributed by atoms with Gasteiger partial charge in [-0.1, -0.05) is 0 Å². The molecular formula is C15F20O. The maximum atomic E-state index is 15.1. The summed E-state index contributed by atoms with van der Waals surface area (Å²) in [5, 5.41) is 0. The first kappa shape index (κ1) is 29.7. The summed E-state index contributed by atoms with van der Waals surface area (Å²) < 4.78 is 271. The van der Waals surface area contributed by atoms with Gasteiger partial charge in [0, 0.05) is 0 Å². The molecule has 0 N–H and O–H groups in total. The van der Waals surface area contributed by atoms with Crippen molar-refractivity contribution < 1.29 is 92.6 Å². The van der Waals surface area contributed by atoms with Gasteiger partial charge in [-0.15, -0.1) is 0 Å². The molecular weight excluding hydrogens is 576 g/mol. The third-order valence-corrected chi connectivity index (χ3v) is 5.00. The van der Waals surface area contributed by atoms with Crippen LogP contribution >= 0.6 is 0 Å². The number of halogens is 20. The summed E-state index contributed by atoms with van der Waals surface area (Å²) >= 11 is 0. The number of hydrogen-bond donors (Lipinski definition) is 0. The predicted octanol–water partition coefficient (Wildman–Crippen LogP) is 6.98. The molecule has 0 saturated carbocycles. The highest BCUT2D eigenvalue weighted by molar-refractivity contribution is 6.08. The van der Waals surface area contributed by atoms with Crippen LogP contribution in [0.1, 0.15) is 15.9 Å². The van der Waals surface area contributed by atoms with Gasteiger partial charge in [0.25, 0.3) is 5.67 Å². The summed E-state index contributed by atoms with van der Waals surface area (Å²) in [5.41, 5.74) is -24.7. The minimum absolute atomic E-state index is 3.60. The lowest BCUT2D eigenvalue weighted by molar-refractivity contribution is -0.434. The second-order valence-electron chi connectivity index (χ2n) is 6.95. The van der Waals surface area contributed by atoms with E-state index in [1.165, 1.54) is 0 Å². The second-order valence-corrected chi connectivity index (χ2v) is 6.95. The molecule has 0 amide bonds. The van der Waals surface area contributed by atoms with E-state index in [9.17, 15) is 88.2 Å². The molecule has 0 aromatic heterocycles. The average molecular weight is 576 g/mol. The zero-order chi connectivity index (χ0) is 29.0. The van der Waals surface area contributed by atoms with Crippen molar-refractivity contribution in [3.8, 4) is 0 Å². The van der Waals surface area contributed by atoms with Crippen molar-refractivity contribution in [1.29, 1.82) is 0 Å². The van der Waals surface area contributed by atoms with E-state index in [0.29, 0.717) is 0 Å². The fraction of sp³-hybridized carbons (Fsp3) is 0.533. The van der Waals surface area contributed by atoms with E-state index < -0.39 is 87.6 Å². The first-order valence-electron chi connectivity index (χ1n) is 7.98. The highest BCUT2D eigenvalue weighted by Crippen LogP contribution is 2.69. The van der Waals surface area contributed by atoms with Crippen LogP contribution < -0.4 is 0 Å². The third kappa shape index (κ3) is 2.90. The van der Waals surface area contributed by atoms with E-state index >= 15 is 4.39 Å². The minimum Gasteiger partial charge on any atom is -0.290 e. The van der Waals surface area contributed by atoms with Crippen LogP contribution in [0.2, 0.25) is 0 Å². The van der Waals surface area contributed by atoms with Crippen molar-refractivity contribution in [2.75, 3.05) is 0 Å². The molecule has 36 heavy (non-hydrogen) atoms. The topological polar surface area (TPSA) is 17.1 Å². The number of rotatable bonds is 3. The molecule has 206 valence electrons. The number of Topliss-reactive ketones (excluding diaryl/α,β-unsaturated/α-hetero) is 1. The van der Waals surface area contributed by atoms with Gasteiger partial charge in [-0.05, 0) is 0 Å². The number of alkyl halides is 16. The zero-order valence-electron chi connectivity index (χ0n) is 15.5. The van der Waals surface area contributed by atoms with Crippen molar-refractivity contribution >= 4 is 5.78 Å². The van der Waals surface area contributed by atoms with Gasteiger partial charge in [0.2, 0.25) is 5.78 Å². The van der Waals surface area contributed by atoms with Crippen molar-refractivity contribution in [2.45, 2.75) is 47.4 Å². The van der Waals surface area contributed by atoms with Crippen LogP contribution in [0, 0.1) is 23.3 Å². The Bertz CT molecular complexity index is 1110. The lowest BCUT2D eigenvalue weighted by Crippen LogP contribution is -2.82. The summed E-state index contributed by atoms with van der Waals surface area (Å²) in [7, 11) is 0. The van der Waals surface area contributed by atoms with Crippen LogP contribution in [0.3, 0.4) is 0 Å². The Morgan fingerprint density at radius 1 is 0.556 bits per heavy atom. The summed E-state index contributed by atoms with van der Waals surface area (Å²) in [5.74, 6) is -53.6. The molecule has 1 aromatic rings. The molecule has 0 spiro atoms. The quantitative estimate of drug-likeness (QED) is 0.216. The summed E-state index contributed by atoms with van der Waals surface area (Å²) in [4.78, 5) is 11.9. The van der Waals surface area contributed by atoms with Gasteiger partial charge in [0.05, 0.1) is 11.1 Å². The van der Waals surface area contributed by atoms with Crippen LogP contribution in [0.5, 0.6) is 0 Å². The lowest BCUT2D eigenvalue weighted by Gasteiger charge is -2.51. The van der Waals surface area contributed by atoms with Crippen molar-refractivity contribution in [2.24, 2.45) is 0 Å². The normalized spacial score (nSPS) is 25.7. The fourth-order valence-corrected chi connectivity index (χ4v) is 3.18. The SMILES string of the molecule is O=C1c2c(F)c(F)c(F)c(F)c2C(F)(F)C(F)(C(F)(F)F)C1(F)C(F)(F)C(F)(F)C(F)(F)C(F)(F)F. The molecule has 0 aliphatic heterocycles. The lowest BCUT2D eigenvalue weighted by atomic mass is 9.63. The van der Waals surface area contributed by atoms with Gasteiger partial charge in [-0.2, -0.15) is 61.5 Å². The van der Waals surface area contributed by atoms with Crippen LogP contribution in [0.25, 0.3) is 0 Å². The van der Waals surface area contributed by atoms with Gasteiger partial charge >= 0.3 is 41.7 Å². The highest BCUT2D eigenvalue weighted by Gasteiger charge is 2.99. The smallest absolute Gasteiger partial charge is 0.290 e. The molecule has 2 unspecified atom stereocenters. The van der Waals surface area contributed by atoms with Crippen LogP contribution in [0.15, 0.2) is 0 Å². The second kappa shape index (κ2) is 7.29. The van der Waals surface area contributed by atoms with Gasteiger partial charge < -0.3 is 0 Å². The Hall–Kier alpha value is -2.51. The van der Waals surface area contributed by atoms with Crippen LogP contribution in [-0.4, -0.2) is 47.2 Å². The van der Waals surface area contributed by atoms with E-state index in [2.05, 4.69) is 0 Å². The Kier molecular flexibility index (Phi) is 6.02. The molecule has 1 aromatic carbocycles. The predicted molar refractivity (Wildman–Crippen MR) is 69.1 cm³/mol. The Morgan fingerprint density at radius 3 is 1.31 bits per heavy atom. The summed E-state index contributed by atoms with van der Waals surface area (Å²) in [6.45, 7) is 0. The van der Waals surface area contributed by atoms with E-state index in [0.717, 1.165) is 0 Å². The Morgan fingerprint density at radius 2 is 0.944 bits per heavy atom. The largest absolute Gasteiger partial charge is 0.460 e. The Labute approximate surface area is 181 Å². The van der Waals surface area contributed by atoms with Gasteiger partial charge in [-0.3, -0.25) is 4.79 Å². The molecule has 1 aliphatic carbocycles. The number of fused-ring (bicyclic) bond motifs is 1. The standard InChI is InChI=1S/C15F20O/c16-3-1-2(4(17)6(19)5(3)18)9(21,22)10(23,14(30,31)32)8(20,7(1)36)11(24,25)12(26,27)13(28,29)15(33,34)35. The van der Waals surface area contributed by atoms with Gasteiger partial charge in [0.15, 0.2) is 23.3 Å². The molecule has 1 nitrogen and oxygen atoms in total. The molecule has 0 heterocycles. The molecule has 2 rings (SSSR count). The summed E-state index contributed by atoms with van der Waals surface area (Å²) in [6.07, 6.45) is -16.2. The van der Waals surface area contributed by atoms with Crippen molar-refractivity contribution in [1.82, 2.24) is 0 Å². The maximum Gasteiger partial charge on any atom is 0.460 e. The van der Waals surface area contributed by atoms with E-state index in [4.69, 9.17) is 0 Å². The maximum absolute atomic E-state index is 15.1. The molecule has 2 atom stereocenters. The zero-order valence-corrected chi connectivity index (χ0v) is 15.5. The molecule has 21 heteroatoms. The third-order valence-electron chi connectivity index (χ3n) is 5.00. The molecule has 0 bridgehead atoms. The van der Waals surface area contributed by atoms with Crippen LogP contribution in [-0.2, 0) is 5.92 Å². The highest BCUT2D eigenvalue weighted by atomic mass is 19.4. The minimum atomic E-state index is -8.87. The van der Waals surface area contributed by atoms with Crippen molar-refractivity contribution in [3.63, 3.8) is 0 Å². The first-order valence-corrected chi connectivity index (χ1v) is 7.98. The first-order chi connectivity index (χ1) is 15.5. The monoisotopic (exact) mass is 576 g/mol. The summed E-state index contributed by atoms with van der Waals surface area (Å²) in [6, 6.07) is 0. The number of carbonyl (C=O) groups excluding carboxylic acids is 1. The van der Waals surface area contributed by atoms with Crippen molar-refractivity contribution in [3.05, 3.63) is 34.4 Å². The molecule has 0 saturated heterocycles. The molecule has 0 radical (unpaired) electrons.